The van der Waals surface area contributed by atoms with Gasteiger partial charge < -0.3 is 26.2 Å². The molecule has 2 heterocycles. The summed E-state index contributed by atoms with van der Waals surface area (Å²) in [5.41, 5.74) is -1.74. The standard InChI is InChI=1S/C40H66N6O6/c1-12-14-25(28(47)33(50)41-24-15-16-24)42-32(49)27-21-40(38(10,11)39(40)18-13-19-39)22-46(27)35(52)30(37(7,8)9)44-34(51)29(36(4,5)6)43-31(48)26-17-20-45(26)23(2)3/h23-27,29-30H,12-22H2,1-11H3,(H,41,50)(H,42,49)(H,43,48)(H,44,51)/t25-,26-,27-,29+,30+,40+/m0/s1. The van der Waals surface area contributed by atoms with Gasteiger partial charge in [0, 0.05) is 30.6 Å². The van der Waals surface area contributed by atoms with Crippen LogP contribution in [-0.4, -0.2) is 101 Å². The van der Waals surface area contributed by atoms with Crippen LogP contribution >= 0.6 is 0 Å². The van der Waals surface area contributed by atoms with Crippen LogP contribution in [0.15, 0.2) is 0 Å². The fourth-order valence-corrected chi connectivity index (χ4v) is 9.79. The molecule has 3 aliphatic carbocycles. The van der Waals surface area contributed by atoms with Gasteiger partial charge in [0.1, 0.15) is 18.1 Å². The molecule has 292 valence electrons. The number of fused-ring (bicyclic) bond motifs is 1. The van der Waals surface area contributed by atoms with Crippen LogP contribution in [0, 0.1) is 27.1 Å². The first-order valence-corrected chi connectivity index (χ1v) is 19.8. The highest BCUT2D eigenvalue weighted by Gasteiger charge is 2.85. The second-order valence-corrected chi connectivity index (χ2v) is 19.5. The third kappa shape index (κ3) is 7.02. The van der Waals surface area contributed by atoms with Gasteiger partial charge in [0.15, 0.2) is 0 Å². The summed E-state index contributed by atoms with van der Waals surface area (Å²) < 4.78 is 0. The molecule has 2 spiro atoms. The Morgan fingerprint density at radius 3 is 1.83 bits per heavy atom. The Bertz CT molecular complexity index is 1450. The third-order valence-corrected chi connectivity index (χ3v) is 13.6. The average Bonchev–Trinajstić information content (AvgIpc) is 3.80. The lowest BCUT2D eigenvalue weighted by Gasteiger charge is -2.44. The zero-order valence-electron chi connectivity index (χ0n) is 33.7. The average molecular weight is 727 g/mol. The number of amides is 5. The molecule has 0 aromatic rings. The van der Waals surface area contributed by atoms with E-state index in [-0.39, 0.29) is 46.2 Å². The Morgan fingerprint density at radius 2 is 1.38 bits per heavy atom. The van der Waals surface area contributed by atoms with Crippen LogP contribution in [0.2, 0.25) is 0 Å². The summed E-state index contributed by atoms with van der Waals surface area (Å²) in [5.74, 6) is -2.79. The van der Waals surface area contributed by atoms with Crippen LogP contribution in [-0.2, 0) is 28.8 Å². The predicted molar refractivity (Wildman–Crippen MR) is 199 cm³/mol. The molecule has 12 heteroatoms. The Hall–Kier alpha value is -3.02. The third-order valence-electron chi connectivity index (χ3n) is 13.6. The summed E-state index contributed by atoms with van der Waals surface area (Å²) in [6.45, 7) is 23.0. The van der Waals surface area contributed by atoms with Gasteiger partial charge in [0.2, 0.25) is 29.4 Å². The second kappa shape index (κ2) is 14.0. The first-order chi connectivity index (χ1) is 24.0. The highest BCUT2D eigenvalue weighted by molar-refractivity contribution is 6.38. The molecule has 3 saturated carbocycles. The summed E-state index contributed by atoms with van der Waals surface area (Å²) in [7, 11) is 0. The number of likely N-dealkylation sites (tertiary alicyclic amines) is 2. The summed E-state index contributed by atoms with van der Waals surface area (Å²) >= 11 is 0. The second-order valence-electron chi connectivity index (χ2n) is 19.5. The van der Waals surface area contributed by atoms with Crippen LogP contribution < -0.4 is 21.3 Å². The minimum Gasteiger partial charge on any atom is -0.347 e. The highest BCUT2D eigenvalue weighted by Crippen LogP contribution is 2.88. The van der Waals surface area contributed by atoms with E-state index in [2.05, 4.69) is 40.0 Å². The highest BCUT2D eigenvalue weighted by atomic mass is 16.2. The fourth-order valence-electron chi connectivity index (χ4n) is 9.79. The van der Waals surface area contributed by atoms with Crippen LogP contribution in [0.1, 0.15) is 134 Å². The van der Waals surface area contributed by atoms with Crippen LogP contribution in [0.3, 0.4) is 0 Å². The van der Waals surface area contributed by atoms with E-state index in [4.69, 9.17) is 0 Å². The summed E-state index contributed by atoms with van der Waals surface area (Å²) in [6.07, 6.45) is 6.93. The van der Waals surface area contributed by atoms with E-state index in [0.717, 1.165) is 45.1 Å². The van der Waals surface area contributed by atoms with Crippen LogP contribution in [0.25, 0.3) is 0 Å². The molecule has 2 aliphatic heterocycles. The predicted octanol–water partition coefficient (Wildman–Crippen LogP) is 3.46. The lowest BCUT2D eigenvalue weighted by Crippen LogP contribution is -2.65. The van der Waals surface area contributed by atoms with Crippen LogP contribution in [0.5, 0.6) is 0 Å². The maximum absolute atomic E-state index is 15.0. The smallest absolute Gasteiger partial charge is 0.289 e. The molecule has 6 atom stereocenters. The molecule has 12 nitrogen and oxygen atoms in total. The van der Waals surface area contributed by atoms with Gasteiger partial charge in [-0.05, 0) is 80.5 Å². The molecule has 2 saturated heterocycles. The maximum Gasteiger partial charge on any atom is 0.289 e. The van der Waals surface area contributed by atoms with Crippen molar-refractivity contribution >= 4 is 35.3 Å². The number of hydrogen-bond donors (Lipinski definition) is 4. The first-order valence-electron chi connectivity index (χ1n) is 19.8. The molecular weight excluding hydrogens is 660 g/mol. The Balaban J connectivity index is 1.40. The van der Waals surface area contributed by atoms with Crippen molar-refractivity contribution in [2.75, 3.05) is 13.1 Å². The van der Waals surface area contributed by atoms with Crippen molar-refractivity contribution in [1.82, 2.24) is 31.1 Å². The Kier molecular flexibility index (Phi) is 10.8. The number of hydrogen-bond acceptors (Lipinski definition) is 7. The molecule has 5 rings (SSSR count). The zero-order valence-corrected chi connectivity index (χ0v) is 33.7. The van der Waals surface area contributed by atoms with E-state index in [9.17, 15) is 28.8 Å². The minimum atomic E-state index is -1.00. The van der Waals surface area contributed by atoms with E-state index < -0.39 is 58.5 Å². The topological polar surface area (TPSA) is 157 Å². The number of ketones is 1. The van der Waals surface area contributed by atoms with Gasteiger partial charge in [-0.15, -0.1) is 0 Å². The Morgan fingerprint density at radius 1 is 0.788 bits per heavy atom. The molecule has 5 fully saturated rings. The van der Waals surface area contributed by atoms with E-state index >= 15 is 0 Å². The van der Waals surface area contributed by atoms with Crippen molar-refractivity contribution in [3.63, 3.8) is 0 Å². The van der Waals surface area contributed by atoms with Crippen molar-refractivity contribution in [1.29, 1.82) is 0 Å². The fraction of sp³-hybridized carbons (Fsp3) is 0.850. The maximum atomic E-state index is 15.0. The van der Waals surface area contributed by atoms with Gasteiger partial charge in [-0.1, -0.05) is 75.2 Å². The van der Waals surface area contributed by atoms with Gasteiger partial charge in [-0.2, -0.15) is 0 Å². The molecule has 0 radical (unpaired) electrons. The van der Waals surface area contributed by atoms with E-state index in [1.807, 2.05) is 62.3 Å². The van der Waals surface area contributed by atoms with Crippen LogP contribution in [0.4, 0.5) is 0 Å². The molecule has 4 N–H and O–H groups in total. The molecule has 0 unspecified atom stereocenters. The van der Waals surface area contributed by atoms with E-state index in [1.165, 1.54) is 0 Å². The van der Waals surface area contributed by atoms with Crippen molar-refractivity contribution in [2.24, 2.45) is 27.1 Å². The monoisotopic (exact) mass is 727 g/mol. The number of nitrogens with one attached hydrogen (secondary N) is 4. The first kappa shape index (κ1) is 40.2. The molecule has 0 aromatic carbocycles. The molecule has 5 aliphatic rings. The van der Waals surface area contributed by atoms with Gasteiger partial charge in [-0.3, -0.25) is 33.7 Å². The lowest BCUT2D eigenvalue weighted by atomic mass is 9.73. The summed E-state index contributed by atoms with van der Waals surface area (Å²) in [4.78, 5) is 86.8. The van der Waals surface area contributed by atoms with Crippen molar-refractivity contribution in [3.05, 3.63) is 0 Å². The molecule has 0 aromatic heterocycles. The van der Waals surface area contributed by atoms with E-state index in [1.54, 1.807) is 4.90 Å². The normalized spacial score (nSPS) is 28.0. The molecule has 0 bridgehead atoms. The number of Topliss-reactive ketones (excluding diaryl/α,β-unsaturated/α-hetero) is 1. The zero-order chi connectivity index (χ0) is 38.8. The van der Waals surface area contributed by atoms with Crippen molar-refractivity contribution < 1.29 is 28.8 Å². The largest absolute Gasteiger partial charge is 0.347 e. The molecule has 52 heavy (non-hydrogen) atoms. The van der Waals surface area contributed by atoms with Gasteiger partial charge >= 0.3 is 0 Å². The minimum absolute atomic E-state index is 0.0108. The number of carbonyl (C=O) groups excluding carboxylic acids is 6. The van der Waals surface area contributed by atoms with Gasteiger partial charge in [-0.25, -0.2) is 0 Å². The number of carbonyl (C=O) groups is 6. The number of rotatable bonds is 13. The van der Waals surface area contributed by atoms with Crippen molar-refractivity contribution in [2.45, 2.75) is 176 Å². The van der Waals surface area contributed by atoms with Gasteiger partial charge in [0.05, 0.1) is 12.1 Å². The van der Waals surface area contributed by atoms with Gasteiger partial charge in [0.25, 0.3) is 5.91 Å². The number of nitrogens with zero attached hydrogens (tertiary/aromatic N) is 2. The van der Waals surface area contributed by atoms with E-state index in [0.29, 0.717) is 25.8 Å². The summed E-state index contributed by atoms with van der Waals surface area (Å²) in [6, 6.07) is -3.86. The molecule has 5 amide bonds. The lowest BCUT2D eigenvalue weighted by molar-refractivity contribution is -0.146. The quantitative estimate of drug-likeness (QED) is 0.212. The Labute approximate surface area is 311 Å². The van der Waals surface area contributed by atoms with Crippen molar-refractivity contribution in [3.8, 4) is 0 Å². The SMILES string of the molecule is CCC[C@H](NC(=O)[C@@H]1C[C@@]2(CN1C(=O)[C@@H](NC(=O)[C@@H](NC(=O)[C@@H]1CCN1C(C)C)C(C)(C)C)C(C)(C)C)C(C)(C)C21CCC1)C(=O)C(=O)NC1CC1. The molecular formula is C40H66N6O6. The summed E-state index contributed by atoms with van der Waals surface area (Å²) in [5, 5.41) is 11.7.